The molecule has 1 amide bonds. The van der Waals surface area contributed by atoms with E-state index in [-0.39, 0.29) is 22.9 Å². The van der Waals surface area contributed by atoms with Gasteiger partial charge in [0, 0.05) is 24.8 Å². The van der Waals surface area contributed by atoms with E-state index in [2.05, 4.69) is 0 Å². The van der Waals surface area contributed by atoms with Crippen molar-refractivity contribution in [3.05, 3.63) is 53.6 Å². The molecule has 2 fully saturated rings. The molecule has 9 heteroatoms. The average Bonchev–Trinajstić information content (AvgIpc) is 3.58. The molecule has 5 rings (SSSR count). The van der Waals surface area contributed by atoms with Crippen LogP contribution in [0.1, 0.15) is 67.8 Å². The lowest BCUT2D eigenvalue weighted by atomic mass is 9.95. The molecule has 1 saturated heterocycles. The van der Waals surface area contributed by atoms with Gasteiger partial charge in [-0.1, -0.05) is 49.7 Å². The van der Waals surface area contributed by atoms with Gasteiger partial charge < -0.3 is 4.74 Å². The average molecular weight is 542 g/mol. The van der Waals surface area contributed by atoms with Crippen LogP contribution in [0.3, 0.4) is 0 Å². The number of hydrogen-bond donors (Lipinski definition) is 0. The van der Waals surface area contributed by atoms with Gasteiger partial charge in [-0.15, -0.1) is 0 Å². The molecule has 2 heterocycles. The van der Waals surface area contributed by atoms with Gasteiger partial charge in [0.15, 0.2) is 5.13 Å². The molecule has 1 aliphatic heterocycles. The van der Waals surface area contributed by atoms with Crippen molar-refractivity contribution in [3.63, 3.8) is 0 Å². The first kappa shape index (κ1) is 26.3. The summed E-state index contributed by atoms with van der Waals surface area (Å²) in [4.78, 5) is 20.5. The lowest BCUT2D eigenvalue weighted by Crippen LogP contribution is -2.41. The second kappa shape index (κ2) is 11.2. The Balaban J connectivity index is 1.42. The van der Waals surface area contributed by atoms with Gasteiger partial charge in [0.05, 0.1) is 27.8 Å². The predicted octanol–water partition coefficient (Wildman–Crippen LogP) is 5.77. The number of amides is 1. The van der Waals surface area contributed by atoms with E-state index in [9.17, 15) is 13.2 Å². The van der Waals surface area contributed by atoms with E-state index in [1.165, 1.54) is 17.8 Å². The second-order valence-corrected chi connectivity index (χ2v) is 12.9. The highest BCUT2D eigenvalue weighted by atomic mass is 32.2. The number of aryl methyl sites for hydroxylation is 1. The summed E-state index contributed by atoms with van der Waals surface area (Å²) in [5, 5.41) is 0.635. The highest BCUT2D eigenvalue weighted by Crippen LogP contribution is 2.33. The number of benzene rings is 2. The van der Waals surface area contributed by atoms with E-state index < -0.39 is 10.0 Å². The highest BCUT2D eigenvalue weighted by Gasteiger charge is 2.32. The van der Waals surface area contributed by atoms with Gasteiger partial charge >= 0.3 is 0 Å². The maximum absolute atomic E-state index is 13.8. The number of para-hydroxylation sites is 1. The van der Waals surface area contributed by atoms with E-state index >= 15 is 0 Å². The van der Waals surface area contributed by atoms with E-state index in [4.69, 9.17) is 9.72 Å². The molecular formula is C28H35N3O4S2. The summed E-state index contributed by atoms with van der Waals surface area (Å²) in [6.07, 6.45) is 6.96. The quantitative estimate of drug-likeness (QED) is 0.362. The highest BCUT2D eigenvalue weighted by molar-refractivity contribution is 7.89. The number of nitrogens with zero attached hydrogens (tertiary/aromatic N) is 3. The molecule has 0 bridgehead atoms. The van der Waals surface area contributed by atoms with Crippen molar-refractivity contribution in [2.24, 2.45) is 0 Å². The fourth-order valence-corrected chi connectivity index (χ4v) is 8.23. The molecule has 1 saturated carbocycles. The minimum atomic E-state index is -3.63. The number of anilines is 1. The number of carbonyl (C=O) groups excluding carboxylic acids is 1. The van der Waals surface area contributed by atoms with Gasteiger partial charge in [0.25, 0.3) is 5.91 Å². The minimum absolute atomic E-state index is 0.0367. The van der Waals surface area contributed by atoms with Crippen molar-refractivity contribution in [1.82, 2.24) is 9.29 Å². The predicted molar refractivity (Wildman–Crippen MR) is 148 cm³/mol. The number of sulfonamides is 1. The normalized spacial score (nSPS) is 19.1. The Hall–Kier alpha value is -2.33. The fourth-order valence-electron chi connectivity index (χ4n) is 5.48. The second-order valence-electron chi connectivity index (χ2n) is 9.99. The fraction of sp³-hybridized carbons (Fsp3) is 0.500. The van der Waals surface area contributed by atoms with Crippen LogP contribution in [0.15, 0.2) is 47.4 Å². The third kappa shape index (κ3) is 5.46. The third-order valence-corrected chi connectivity index (χ3v) is 10.6. The molecule has 1 unspecified atom stereocenters. The smallest absolute Gasteiger partial charge is 0.260 e. The van der Waals surface area contributed by atoms with E-state index in [1.54, 1.807) is 33.5 Å². The van der Waals surface area contributed by atoms with E-state index in [0.717, 1.165) is 54.3 Å². The van der Waals surface area contributed by atoms with Crippen LogP contribution in [0.2, 0.25) is 0 Å². The van der Waals surface area contributed by atoms with Crippen molar-refractivity contribution >= 4 is 42.6 Å². The lowest BCUT2D eigenvalue weighted by Gasteiger charge is -2.32. The monoisotopic (exact) mass is 541 g/mol. The largest absolute Gasteiger partial charge is 0.376 e. The van der Waals surface area contributed by atoms with Gasteiger partial charge in [0.1, 0.15) is 0 Å². The topological polar surface area (TPSA) is 79.8 Å². The molecule has 2 aromatic carbocycles. The number of aromatic nitrogens is 1. The molecule has 37 heavy (non-hydrogen) atoms. The van der Waals surface area contributed by atoms with Crippen LogP contribution in [0, 0.1) is 6.92 Å². The number of fused-ring (bicyclic) bond motifs is 1. The van der Waals surface area contributed by atoms with Gasteiger partial charge in [-0.25, -0.2) is 13.4 Å². The van der Waals surface area contributed by atoms with Crippen LogP contribution in [0.4, 0.5) is 5.13 Å². The Morgan fingerprint density at radius 2 is 1.81 bits per heavy atom. The summed E-state index contributed by atoms with van der Waals surface area (Å²) in [6.45, 7) is 5.48. The maximum Gasteiger partial charge on any atom is 0.260 e. The summed E-state index contributed by atoms with van der Waals surface area (Å²) in [5.41, 5.74) is 2.41. The summed E-state index contributed by atoms with van der Waals surface area (Å²) in [6, 6.07) is 12.5. The lowest BCUT2D eigenvalue weighted by molar-refractivity contribution is 0.0917. The zero-order valence-corrected chi connectivity index (χ0v) is 23.2. The summed E-state index contributed by atoms with van der Waals surface area (Å²) < 4.78 is 35.4. The van der Waals surface area contributed by atoms with Crippen molar-refractivity contribution in [2.75, 3.05) is 24.6 Å². The number of rotatable bonds is 8. The molecule has 1 aliphatic carbocycles. The van der Waals surface area contributed by atoms with Crippen molar-refractivity contribution in [2.45, 2.75) is 75.8 Å². The van der Waals surface area contributed by atoms with Gasteiger partial charge in [-0.2, -0.15) is 4.31 Å². The summed E-state index contributed by atoms with van der Waals surface area (Å²) >= 11 is 1.49. The maximum atomic E-state index is 13.8. The molecule has 1 atom stereocenters. The molecule has 3 aromatic rings. The Kier molecular flexibility index (Phi) is 7.95. The Bertz CT molecular complexity index is 1340. The zero-order valence-electron chi connectivity index (χ0n) is 21.6. The molecule has 198 valence electrons. The number of thiazole rings is 1. The molecule has 0 spiro atoms. The number of ether oxygens (including phenoxy) is 1. The SMILES string of the molecule is CCN(C1CCCCC1)S(=O)(=O)c1ccc(C(=O)N(CC2CCCO2)c2nc3c(C)cccc3s2)cc1. The van der Waals surface area contributed by atoms with Crippen LogP contribution in [-0.4, -0.2) is 55.5 Å². The summed E-state index contributed by atoms with van der Waals surface area (Å²) in [5.74, 6) is -0.198. The number of carbonyl (C=O) groups is 1. The first-order chi connectivity index (χ1) is 17.9. The van der Waals surface area contributed by atoms with Gasteiger partial charge in [-0.3, -0.25) is 9.69 Å². The van der Waals surface area contributed by atoms with Crippen LogP contribution >= 0.6 is 11.3 Å². The van der Waals surface area contributed by atoms with Crippen LogP contribution in [0.25, 0.3) is 10.2 Å². The number of hydrogen-bond acceptors (Lipinski definition) is 6. The first-order valence-electron chi connectivity index (χ1n) is 13.3. The zero-order chi connectivity index (χ0) is 26.0. The Labute approximate surface area is 223 Å². The van der Waals surface area contributed by atoms with Crippen molar-refractivity contribution in [3.8, 4) is 0 Å². The molecule has 7 nitrogen and oxygen atoms in total. The Morgan fingerprint density at radius 3 is 2.46 bits per heavy atom. The molecule has 1 aromatic heterocycles. The van der Waals surface area contributed by atoms with Crippen LogP contribution < -0.4 is 4.90 Å². The third-order valence-electron chi connectivity index (χ3n) is 7.50. The van der Waals surface area contributed by atoms with Crippen molar-refractivity contribution < 1.29 is 17.9 Å². The standard InChI is InChI=1S/C28H35N3O4S2/c1-3-31(22-10-5-4-6-11-22)37(33,34)24-16-14-21(15-17-24)27(32)30(19-23-12-8-18-35-23)28-29-26-20(2)9-7-13-25(26)36-28/h7,9,13-17,22-23H,3-6,8,10-12,18-19H2,1-2H3. The van der Waals surface area contributed by atoms with E-state index in [1.807, 2.05) is 32.0 Å². The van der Waals surface area contributed by atoms with Crippen molar-refractivity contribution in [1.29, 1.82) is 0 Å². The molecule has 2 aliphatic rings. The molecule has 0 N–H and O–H groups in total. The van der Waals surface area contributed by atoms with Gasteiger partial charge in [0.2, 0.25) is 10.0 Å². The van der Waals surface area contributed by atoms with Crippen LogP contribution in [0.5, 0.6) is 0 Å². The Morgan fingerprint density at radius 1 is 1.05 bits per heavy atom. The minimum Gasteiger partial charge on any atom is -0.376 e. The van der Waals surface area contributed by atoms with Crippen LogP contribution in [-0.2, 0) is 14.8 Å². The first-order valence-corrected chi connectivity index (χ1v) is 15.6. The molecular weight excluding hydrogens is 506 g/mol. The summed E-state index contributed by atoms with van der Waals surface area (Å²) in [7, 11) is -3.63. The van der Waals surface area contributed by atoms with E-state index in [0.29, 0.717) is 30.4 Å². The molecule has 0 radical (unpaired) electrons. The van der Waals surface area contributed by atoms with Gasteiger partial charge in [-0.05, 0) is 68.5 Å².